The predicted molar refractivity (Wildman–Crippen MR) is 108 cm³/mol. The van der Waals surface area contributed by atoms with E-state index in [0.717, 1.165) is 4.90 Å². The standard InChI is InChI=1S/C9H12N2O4.C9H15NO3S/c10-8(5-12)9(13)6-1-3-7(4-2-6)11(14)15;1-8(2)6(7(12)13)10(5-11)9(3,4)14-8/h1-4,8-9,12-13H,5,10H2;5-6H,1-4H3,(H,12,13)/t8-,9-;6-/m10/s1/i;1D3,2D3. The van der Waals surface area contributed by atoms with Crippen LogP contribution < -0.4 is 5.73 Å². The van der Waals surface area contributed by atoms with E-state index in [2.05, 4.69) is 0 Å². The largest absolute Gasteiger partial charge is 0.480 e. The molecule has 162 valence electrons. The molecule has 0 aliphatic carbocycles. The number of carbonyl (C=O) groups excluding carboxylic acids is 1. The quantitative estimate of drug-likeness (QED) is 0.290. The molecule has 0 unspecified atom stereocenters. The number of nitrogens with two attached hydrogens (primary N) is 1. The molecule has 1 amide bonds. The van der Waals surface area contributed by atoms with Gasteiger partial charge < -0.3 is 26.0 Å². The molecule has 0 radical (unpaired) electrons. The molecule has 1 aromatic rings. The second-order valence-electron chi connectivity index (χ2n) is 6.68. The number of carboxylic acids is 1. The van der Waals surface area contributed by atoms with E-state index < -0.39 is 52.4 Å². The first-order chi connectivity index (χ1) is 15.8. The Morgan fingerprint density at radius 2 is 2.00 bits per heavy atom. The molecule has 11 heteroatoms. The molecule has 1 saturated heterocycles. The molecular formula is C18H27N3O7S. The average Bonchev–Trinajstić information content (AvgIpc) is 3.01. The van der Waals surface area contributed by atoms with Crippen LogP contribution in [0.3, 0.4) is 0 Å². The fraction of sp³-hybridized carbons (Fsp3) is 0.556. The van der Waals surface area contributed by atoms with Gasteiger partial charge in [0.25, 0.3) is 5.69 Å². The lowest BCUT2D eigenvalue weighted by Crippen LogP contribution is -2.49. The van der Waals surface area contributed by atoms with Gasteiger partial charge in [0, 0.05) is 25.1 Å². The number of thioether (sulfide) groups is 1. The van der Waals surface area contributed by atoms with E-state index in [0.29, 0.717) is 17.3 Å². The summed E-state index contributed by atoms with van der Waals surface area (Å²) in [4.78, 5) is 31.9. The van der Waals surface area contributed by atoms with Gasteiger partial charge in [-0.25, -0.2) is 4.79 Å². The van der Waals surface area contributed by atoms with Crippen molar-refractivity contribution in [2.75, 3.05) is 6.61 Å². The highest BCUT2D eigenvalue weighted by molar-refractivity contribution is 8.02. The van der Waals surface area contributed by atoms with Gasteiger partial charge in [-0.05, 0) is 45.2 Å². The Morgan fingerprint density at radius 3 is 2.38 bits per heavy atom. The summed E-state index contributed by atoms with van der Waals surface area (Å²) in [6, 6.07) is 2.65. The number of carboxylic acid groups (broad SMARTS) is 1. The normalized spacial score (nSPS) is 25.4. The monoisotopic (exact) mass is 435 g/mol. The third kappa shape index (κ3) is 5.89. The van der Waals surface area contributed by atoms with Gasteiger partial charge in [0.2, 0.25) is 6.41 Å². The van der Waals surface area contributed by atoms with Crippen molar-refractivity contribution < 1.29 is 38.1 Å². The van der Waals surface area contributed by atoms with Gasteiger partial charge in [-0.15, -0.1) is 11.8 Å². The topological polar surface area (TPSA) is 167 Å². The lowest BCUT2D eigenvalue weighted by atomic mass is 10.0. The first-order valence-electron chi connectivity index (χ1n) is 11.2. The van der Waals surface area contributed by atoms with Gasteiger partial charge in [-0.3, -0.25) is 14.9 Å². The van der Waals surface area contributed by atoms with Crippen molar-refractivity contribution in [1.82, 2.24) is 4.90 Å². The van der Waals surface area contributed by atoms with Crippen molar-refractivity contribution in [1.29, 1.82) is 0 Å². The number of non-ortho nitro benzene ring substituents is 1. The Bertz CT molecular complexity index is 913. The van der Waals surface area contributed by atoms with Crippen LogP contribution >= 0.6 is 11.8 Å². The van der Waals surface area contributed by atoms with Crippen molar-refractivity contribution in [2.24, 2.45) is 5.73 Å². The van der Waals surface area contributed by atoms with E-state index in [1.54, 1.807) is 0 Å². The van der Waals surface area contributed by atoms with Crippen LogP contribution in [0.1, 0.15) is 47.4 Å². The highest BCUT2D eigenvalue weighted by Gasteiger charge is 2.54. The second-order valence-corrected chi connectivity index (χ2v) is 8.52. The number of aliphatic hydroxyl groups excluding tert-OH is 2. The summed E-state index contributed by atoms with van der Waals surface area (Å²) in [7, 11) is 0. The number of nitro benzene ring substituents is 1. The Hall–Kier alpha value is -2.21. The zero-order chi connectivity index (χ0) is 27.6. The number of hydrogen-bond donors (Lipinski definition) is 4. The highest BCUT2D eigenvalue weighted by atomic mass is 32.2. The highest BCUT2D eigenvalue weighted by Crippen LogP contribution is 2.50. The molecule has 29 heavy (non-hydrogen) atoms. The smallest absolute Gasteiger partial charge is 0.327 e. The number of nitrogens with zero attached hydrogens (tertiary/aromatic N) is 2. The molecule has 1 fully saturated rings. The van der Waals surface area contributed by atoms with Gasteiger partial charge in [0.05, 0.1) is 28.5 Å². The number of hydrogen-bond acceptors (Lipinski definition) is 8. The Labute approximate surface area is 181 Å². The Morgan fingerprint density at radius 1 is 1.45 bits per heavy atom. The second kappa shape index (κ2) is 9.53. The van der Waals surface area contributed by atoms with E-state index in [4.69, 9.17) is 19.1 Å². The molecule has 1 aromatic carbocycles. The van der Waals surface area contributed by atoms with Gasteiger partial charge in [-0.2, -0.15) is 0 Å². The van der Waals surface area contributed by atoms with E-state index in [-0.39, 0.29) is 18.7 Å². The first-order valence-corrected chi connectivity index (χ1v) is 9.05. The minimum atomic E-state index is -3.08. The van der Waals surface area contributed by atoms with Crippen LogP contribution in [0, 0.1) is 10.1 Å². The summed E-state index contributed by atoms with van der Waals surface area (Å²) < 4.78 is 42.7. The van der Waals surface area contributed by atoms with E-state index >= 15 is 0 Å². The molecule has 0 bridgehead atoms. The summed E-state index contributed by atoms with van der Waals surface area (Å²) in [5.41, 5.74) is 5.81. The summed E-state index contributed by atoms with van der Waals surface area (Å²) in [6.45, 7) is -3.68. The predicted octanol–water partition coefficient (Wildman–Crippen LogP) is 1.11. The van der Waals surface area contributed by atoms with Crippen molar-refractivity contribution in [3.8, 4) is 0 Å². The number of rotatable bonds is 6. The molecule has 1 heterocycles. The molecule has 0 saturated carbocycles. The summed E-state index contributed by atoms with van der Waals surface area (Å²) in [6.07, 6.45) is -0.832. The maximum atomic E-state index is 11.5. The van der Waals surface area contributed by atoms with Crippen LogP contribution in [0.2, 0.25) is 0 Å². The van der Waals surface area contributed by atoms with Crippen LogP contribution in [0.4, 0.5) is 5.69 Å². The zero-order valence-corrected chi connectivity index (χ0v) is 16.5. The van der Waals surface area contributed by atoms with Crippen LogP contribution in [-0.4, -0.2) is 65.8 Å². The van der Waals surface area contributed by atoms with Crippen LogP contribution in [0.25, 0.3) is 0 Å². The lowest BCUT2D eigenvalue weighted by molar-refractivity contribution is -0.384. The van der Waals surface area contributed by atoms with Crippen LogP contribution in [0.5, 0.6) is 0 Å². The third-order valence-corrected chi connectivity index (χ3v) is 5.36. The number of carbonyl (C=O) groups is 2. The number of benzene rings is 1. The molecule has 10 nitrogen and oxygen atoms in total. The third-order valence-electron chi connectivity index (χ3n) is 4.11. The molecule has 1 aliphatic rings. The fourth-order valence-electron chi connectivity index (χ4n) is 2.63. The maximum Gasteiger partial charge on any atom is 0.327 e. The van der Waals surface area contributed by atoms with E-state index in [1.165, 1.54) is 38.1 Å². The molecule has 5 N–H and O–H groups in total. The first kappa shape index (κ1) is 16.6. The van der Waals surface area contributed by atoms with Crippen molar-refractivity contribution in [3.63, 3.8) is 0 Å². The molecule has 1 aliphatic heterocycles. The van der Waals surface area contributed by atoms with E-state index in [9.17, 15) is 29.9 Å². The van der Waals surface area contributed by atoms with Crippen LogP contribution in [-0.2, 0) is 9.59 Å². The number of nitro groups is 1. The molecule has 0 spiro atoms. The van der Waals surface area contributed by atoms with Crippen LogP contribution in [0.15, 0.2) is 24.3 Å². The molecule has 0 aromatic heterocycles. The van der Waals surface area contributed by atoms with Gasteiger partial charge in [0.1, 0.15) is 6.04 Å². The molecule has 3 atom stereocenters. The number of aliphatic hydroxyl groups is 2. The Balaban J connectivity index is 0.000000365. The molecular weight excluding hydrogens is 402 g/mol. The SMILES string of the molecule is N[C@H](CO)[C@H](O)c1ccc([N+](=O)[O-])cc1.[2H]C([2H])([2H])C1(C([2H])([2H])[2H])SC(C)(C)N(C=O)[C@H]1C(=O)O. The zero-order valence-electron chi connectivity index (χ0n) is 21.7. The van der Waals surface area contributed by atoms with Crippen molar-refractivity contribution in [3.05, 3.63) is 39.9 Å². The summed E-state index contributed by atoms with van der Waals surface area (Å²) in [5, 5.41) is 37.9. The van der Waals surface area contributed by atoms with Crippen molar-refractivity contribution >= 4 is 29.8 Å². The average molecular weight is 436 g/mol. The van der Waals surface area contributed by atoms with Gasteiger partial charge in [0.15, 0.2) is 0 Å². The van der Waals surface area contributed by atoms with Gasteiger partial charge >= 0.3 is 5.97 Å². The number of amides is 1. The minimum Gasteiger partial charge on any atom is -0.480 e. The van der Waals surface area contributed by atoms with Gasteiger partial charge in [-0.1, -0.05) is 0 Å². The maximum absolute atomic E-state index is 11.5. The molecule has 2 rings (SSSR count). The van der Waals surface area contributed by atoms with E-state index in [1.807, 2.05) is 0 Å². The van der Waals surface area contributed by atoms with Crippen molar-refractivity contribution in [2.45, 2.75) is 55.4 Å². The summed E-state index contributed by atoms with van der Waals surface area (Å²) in [5.74, 6) is -1.65. The lowest BCUT2D eigenvalue weighted by Gasteiger charge is -2.29. The fourth-order valence-corrected chi connectivity index (χ4v) is 4.00. The summed E-state index contributed by atoms with van der Waals surface area (Å²) >= 11 is 0.487. The number of aliphatic carboxylic acids is 1. The minimum absolute atomic E-state index is 0.0523. The Kier molecular flexibility index (Phi) is 5.44.